The van der Waals surface area contributed by atoms with Crippen LogP contribution < -0.4 is 5.69 Å². The highest BCUT2D eigenvalue weighted by atomic mass is 16.2. The van der Waals surface area contributed by atoms with Crippen molar-refractivity contribution in [2.24, 2.45) is 10.8 Å². The monoisotopic (exact) mass is 252 g/mol. The Morgan fingerprint density at radius 1 is 0.944 bits per heavy atom. The highest BCUT2D eigenvalue weighted by Crippen LogP contribution is 2.15. The zero-order valence-corrected chi connectivity index (χ0v) is 11.3. The van der Waals surface area contributed by atoms with Crippen LogP contribution in [-0.4, -0.2) is 21.7 Å². The van der Waals surface area contributed by atoms with Gasteiger partial charge in [-0.05, 0) is 0 Å². The molecule has 5 heteroatoms. The lowest BCUT2D eigenvalue weighted by molar-refractivity contribution is -0.115. The third kappa shape index (κ3) is 3.42. The van der Waals surface area contributed by atoms with E-state index in [0.29, 0.717) is 13.1 Å². The van der Waals surface area contributed by atoms with Gasteiger partial charge in [0.1, 0.15) is 12.6 Å². The van der Waals surface area contributed by atoms with Crippen molar-refractivity contribution in [1.82, 2.24) is 9.13 Å². The predicted octanol–water partition coefficient (Wildman–Crippen LogP) is 1.10. The van der Waals surface area contributed by atoms with Crippen LogP contribution in [0.2, 0.25) is 0 Å². The van der Waals surface area contributed by atoms with E-state index in [1.54, 1.807) is 40.1 Å². The van der Waals surface area contributed by atoms with Gasteiger partial charge in [-0.15, -0.1) is 0 Å². The molecule has 0 aromatic carbocycles. The van der Waals surface area contributed by atoms with E-state index >= 15 is 0 Å². The van der Waals surface area contributed by atoms with Crippen molar-refractivity contribution in [3.8, 4) is 0 Å². The van der Waals surface area contributed by atoms with E-state index in [1.807, 2.05) is 0 Å². The third-order valence-corrected chi connectivity index (χ3v) is 2.71. The highest BCUT2D eigenvalue weighted by Gasteiger charge is 2.22. The molecular formula is C13H20N2O3. The van der Waals surface area contributed by atoms with Gasteiger partial charge in [0, 0.05) is 36.3 Å². The molecule has 18 heavy (non-hydrogen) atoms. The van der Waals surface area contributed by atoms with Gasteiger partial charge < -0.3 is 9.59 Å². The van der Waals surface area contributed by atoms with Crippen LogP contribution in [0.3, 0.4) is 0 Å². The largest absolute Gasteiger partial charge is 0.328 e. The van der Waals surface area contributed by atoms with E-state index in [-0.39, 0.29) is 5.69 Å². The first-order valence-corrected chi connectivity index (χ1v) is 5.89. The molecule has 0 aliphatic carbocycles. The summed E-state index contributed by atoms with van der Waals surface area (Å²) >= 11 is 0. The molecule has 0 saturated carbocycles. The third-order valence-electron chi connectivity index (χ3n) is 2.71. The molecule has 1 aromatic rings. The number of aldehydes is 2. The van der Waals surface area contributed by atoms with Crippen LogP contribution >= 0.6 is 0 Å². The molecule has 0 saturated heterocycles. The van der Waals surface area contributed by atoms with Crippen LogP contribution in [0.4, 0.5) is 0 Å². The molecule has 0 unspecified atom stereocenters. The molecule has 5 nitrogen and oxygen atoms in total. The van der Waals surface area contributed by atoms with Crippen molar-refractivity contribution in [3.63, 3.8) is 0 Å². The van der Waals surface area contributed by atoms with E-state index in [4.69, 9.17) is 0 Å². The Balaban J connectivity index is 2.95. The molecule has 0 aliphatic rings. The number of hydrogen-bond donors (Lipinski definition) is 0. The second-order valence-corrected chi connectivity index (χ2v) is 6.05. The van der Waals surface area contributed by atoms with E-state index in [0.717, 1.165) is 12.6 Å². The molecular weight excluding hydrogens is 232 g/mol. The first kappa shape index (κ1) is 14.4. The molecule has 0 bridgehead atoms. The van der Waals surface area contributed by atoms with Gasteiger partial charge in [-0.1, -0.05) is 27.7 Å². The average molecular weight is 252 g/mol. The molecule has 0 radical (unpaired) electrons. The Hall–Kier alpha value is -1.65. The molecule has 100 valence electrons. The first-order chi connectivity index (χ1) is 8.21. The van der Waals surface area contributed by atoms with Crippen LogP contribution in [0.25, 0.3) is 0 Å². The highest BCUT2D eigenvalue weighted by molar-refractivity contribution is 5.58. The minimum Gasteiger partial charge on any atom is -0.303 e. The van der Waals surface area contributed by atoms with Gasteiger partial charge in [0.05, 0.1) is 0 Å². The summed E-state index contributed by atoms with van der Waals surface area (Å²) in [6.07, 6.45) is 4.97. The van der Waals surface area contributed by atoms with Gasteiger partial charge in [0.2, 0.25) is 0 Å². The number of carbonyl (C=O) groups excluding carboxylic acids is 2. The number of aromatic nitrogens is 2. The maximum atomic E-state index is 12.1. The fourth-order valence-electron chi connectivity index (χ4n) is 1.65. The normalized spacial score (nSPS) is 12.4. The van der Waals surface area contributed by atoms with E-state index in [9.17, 15) is 14.4 Å². The zero-order chi connectivity index (χ0) is 14.0. The van der Waals surface area contributed by atoms with Gasteiger partial charge >= 0.3 is 5.69 Å². The van der Waals surface area contributed by atoms with Crippen LogP contribution in [0, 0.1) is 10.8 Å². The molecule has 1 aromatic heterocycles. The molecule has 0 fully saturated rings. The van der Waals surface area contributed by atoms with E-state index in [1.165, 1.54) is 9.13 Å². The first-order valence-electron chi connectivity index (χ1n) is 5.89. The zero-order valence-electron chi connectivity index (χ0n) is 11.3. The van der Waals surface area contributed by atoms with Gasteiger partial charge in [-0.25, -0.2) is 4.79 Å². The minimum atomic E-state index is -0.573. The topological polar surface area (TPSA) is 61.1 Å². The molecule has 0 N–H and O–H groups in total. The number of rotatable bonds is 6. The van der Waals surface area contributed by atoms with Gasteiger partial charge in [0.15, 0.2) is 0 Å². The number of nitrogens with zero attached hydrogens (tertiary/aromatic N) is 2. The predicted molar refractivity (Wildman–Crippen MR) is 68.4 cm³/mol. The maximum Gasteiger partial charge on any atom is 0.328 e. The van der Waals surface area contributed by atoms with Crippen molar-refractivity contribution in [1.29, 1.82) is 0 Å². The van der Waals surface area contributed by atoms with E-state index in [2.05, 4.69) is 0 Å². The summed E-state index contributed by atoms with van der Waals surface area (Å²) < 4.78 is 2.99. The van der Waals surface area contributed by atoms with Gasteiger partial charge in [-0.3, -0.25) is 9.13 Å². The minimum absolute atomic E-state index is 0.195. The second-order valence-electron chi connectivity index (χ2n) is 6.05. The van der Waals surface area contributed by atoms with Gasteiger partial charge in [0.25, 0.3) is 0 Å². The number of imidazole rings is 1. The van der Waals surface area contributed by atoms with Crippen LogP contribution in [0.1, 0.15) is 27.7 Å². The maximum absolute atomic E-state index is 12.1. The second kappa shape index (κ2) is 4.92. The fraction of sp³-hybridized carbons (Fsp3) is 0.615. The average Bonchev–Trinajstić information content (AvgIpc) is 2.61. The van der Waals surface area contributed by atoms with Crippen molar-refractivity contribution >= 4 is 12.6 Å². The van der Waals surface area contributed by atoms with Crippen LogP contribution in [-0.2, 0) is 22.7 Å². The quantitative estimate of drug-likeness (QED) is 0.712. The molecule has 0 aliphatic heterocycles. The summed E-state index contributed by atoms with van der Waals surface area (Å²) in [5.74, 6) is 0. The Morgan fingerprint density at radius 2 is 1.28 bits per heavy atom. The van der Waals surface area contributed by atoms with Crippen molar-refractivity contribution in [2.75, 3.05) is 0 Å². The Labute approximate surface area is 106 Å². The number of carbonyl (C=O) groups is 2. The van der Waals surface area contributed by atoms with Gasteiger partial charge in [-0.2, -0.15) is 0 Å². The molecule has 0 atom stereocenters. The summed E-state index contributed by atoms with van der Waals surface area (Å²) in [5, 5.41) is 0. The summed E-state index contributed by atoms with van der Waals surface area (Å²) in [5.41, 5.74) is -1.34. The van der Waals surface area contributed by atoms with Crippen LogP contribution in [0.15, 0.2) is 17.2 Å². The number of hydrogen-bond acceptors (Lipinski definition) is 3. The molecule has 0 amide bonds. The molecule has 1 rings (SSSR count). The summed E-state index contributed by atoms with van der Waals surface area (Å²) in [7, 11) is 0. The lowest BCUT2D eigenvalue weighted by atomic mass is 9.96. The van der Waals surface area contributed by atoms with E-state index < -0.39 is 10.8 Å². The lowest BCUT2D eigenvalue weighted by Crippen LogP contribution is -2.33. The van der Waals surface area contributed by atoms with Crippen LogP contribution in [0.5, 0.6) is 0 Å². The SMILES string of the molecule is CC(C)(C=O)Cn1ccn(CC(C)(C)C=O)c1=O. The molecule has 0 spiro atoms. The Bertz CT molecular complexity index is 452. The standard InChI is InChI=1S/C13H20N2O3/c1-12(2,9-16)7-14-5-6-15(11(14)18)8-13(3,4)10-17/h5-6,9-10H,7-8H2,1-4H3. The summed E-state index contributed by atoms with van der Waals surface area (Å²) in [6.45, 7) is 7.78. The van der Waals surface area contributed by atoms with Crippen molar-refractivity contribution in [2.45, 2.75) is 40.8 Å². The Morgan fingerprint density at radius 3 is 1.56 bits per heavy atom. The molecule has 1 heterocycles. The summed E-state index contributed by atoms with van der Waals surface area (Å²) in [6, 6.07) is 0. The fourth-order valence-corrected chi connectivity index (χ4v) is 1.65. The smallest absolute Gasteiger partial charge is 0.303 e. The van der Waals surface area contributed by atoms with Crippen molar-refractivity contribution in [3.05, 3.63) is 22.9 Å². The summed E-state index contributed by atoms with van der Waals surface area (Å²) in [4.78, 5) is 33.8. The lowest BCUT2D eigenvalue weighted by Gasteiger charge is -2.18. The van der Waals surface area contributed by atoms with Crippen molar-refractivity contribution < 1.29 is 9.59 Å². The Kier molecular flexibility index (Phi) is 3.94.